The number of hydrogen-bond acceptors (Lipinski definition) is 2. The second kappa shape index (κ2) is 5.66. The highest BCUT2D eigenvalue weighted by Crippen LogP contribution is 2.17. The summed E-state index contributed by atoms with van der Waals surface area (Å²) in [5, 5.41) is 0. The van der Waals surface area contributed by atoms with Crippen molar-refractivity contribution in [1.29, 1.82) is 0 Å². The van der Waals surface area contributed by atoms with E-state index in [1.807, 2.05) is 30.3 Å². The Kier molecular flexibility index (Phi) is 3.96. The third-order valence-electron chi connectivity index (χ3n) is 2.97. The average molecular weight is 237 g/mol. The Bertz CT molecular complexity index is 369. The quantitative estimate of drug-likeness (QED) is 0.808. The standard InChI is InChI=1S/C13H16FNO2/c14-8-12-6-7-15(9-12)13(16)17-10-11-4-2-1-3-5-11/h1-5,12H,6-10H2/t12-/m1/s1. The summed E-state index contributed by atoms with van der Waals surface area (Å²) in [5.74, 6) is -0.0146. The predicted octanol–water partition coefficient (Wildman–Crippen LogP) is 2.61. The Balaban J connectivity index is 1.78. The molecule has 2 rings (SSSR count). The highest BCUT2D eigenvalue weighted by molar-refractivity contribution is 5.68. The first-order valence-corrected chi connectivity index (χ1v) is 5.81. The predicted molar refractivity (Wildman–Crippen MR) is 62.3 cm³/mol. The average Bonchev–Trinajstić information content (AvgIpc) is 2.86. The van der Waals surface area contributed by atoms with Crippen molar-refractivity contribution < 1.29 is 13.9 Å². The van der Waals surface area contributed by atoms with Gasteiger partial charge in [0.25, 0.3) is 0 Å². The fraction of sp³-hybridized carbons (Fsp3) is 0.462. The van der Waals surface area contributed by atoms with Crippen LogP contribution in [0.15, 0.2) is 30.3 Å². The molecule has 0 saturated carbocycles. The van der Waals surface area contributed by atoms with Gasteiger partial charge in [0.1, 0.15) is 6.61 Å². The Hall–Kier alpha value is -1.58. The molecule has 0 aliphatic carbocycles. The zero-order valence-electron chi connectivity index (χ0n) is 9.64. The molecule has 1 heterocycles. The number of likely N-dealkylation sites (tertiary alicyclic amines) is 1. The van der Waals surface area contributed by atoms with E-state index in [-0.39, 0.29) is 25.3 Å². The van der Waals surface area contributed by atoms with Crippen LogP contribution in [0.4, 0.5) is 9.18 Å². The van der Waals surface area contributed by atoms with Crippen molar-refractivity contribution in [2.24, 2.45) is 5.92 Å². The van der Waals surface area contributed by atoms with Crippen molar-refractivity contribution in [3.8, 4) is 0 Å². The van der Waals surface area contributed by atoms with Gasteiger partial charge in [0.05, 0.1) is 6.67 Å². The van der Waals surface area contributed by atoms with Crippen molar-refractivity contribution in [1.82, 2.24) is 4.90 Å². The molecule has 1 amide bonds. The number of halogens is 1. The number of carbonyl (C=O) groups is 1. The number of carbonyl (C=O) groups excluding carboxylic acids is 1. The second-order valence-corrected chi connectivity index (χ2v) is 4.30. The molecule has 1 fully saturated rings. The van der Waals surface area contributed by atoms with Gasteiger partial charge in [0.2, 0.25) is 0 Å². The number of alkyl halides is 1. The van der Waals surface area contributed by atoms with Gasteiger partial charge < -0.3 is 9.64 Å². The van der Waals surface area contributed by atoms with E-state index in [2.05, 4.69) is 0 Å². The van der Waals surface area contributed by atoms with Gasteiger partial charge >= 0.3 is 6.09 Å². The lowest BCUT2D eigenvalue weighted by Crippen LogP contribution is -2.29. The molecule has 1 aromatic rings. The molecule has 17 heavy (non-hydrogen) atoms. The topological polar surface area (TPSA) is 29.5 Å². The molecule has 1 aliphatic heterocycles. The Morgan fingerprint density at radius 1 is 1.41 bits per heavy atom. The van der Waals surface area contributed by atoms with E-state index in [1.54, 1.807) is 4.90 Å². The number of ether oxygens (including phenoxy) is 1. The Morgan fingerprint density at radius 3 is 2.82 bits per heavy atom. The van der Waals surface area contributed by atoms with Gasteiger partial charge in [-0.05, 0) is 12.0 Å². The molecule has 0 unspecified atom stereocenters. The van der Waals surface area contributed by atoms with Crippen LogP contribution in [0.5, 0.6) is 0 Å². The van der Waals surface area contributed by atoms with Crippen LogP contribution in [0, 0.1) is 5.92 Å². The molecule has 1 saturated heterocycles. The largest absolute Gasteiger partial charge is 0.445 e. The summed E-state index contributed by atoms with van der Waals surface area (Å²) < 4.78 is 17.6. The molecule has 1 aromatic carbocycles. The van der Waals surface area contributed by atoms with E-state index in [1.165, 1.54) is 0 Å². The molecule has 0 N–H and O–H groups in total. The summed E-state index contributed by atoms with van der Waals surface area (Å²) in [4.78, 5) is 13.2. The minimum absolute atomic E-state index is 0.0146. The molecule has 1 aliphatic rings. The zero-order chi connectivity index (χ0) is 12.1. The smallest absolute Gasteiger partial charge is 0.410 e. The molecular weight excluding hydrogens is 221 g/mol. The van der Waals surface area contributed by atoms with Crippen molar-refractivity contribution in [2.75, 3.05) is 19.8 Å². The number of hydrogen-bond donors (Lipinski definition) is 0. The van der Waals surface area contributed by atoms with Crippen LogP contribution in [-0.4, -0.2) is 30.8 Å². The van der Waals surface area contributed by atoms with Gasteiger partial charge in [-0.25, -0.2) is 4.79 Å². The maximum Gasteiger partial charge on any atom is 0.410 e. The lowest BCUT2D eigenvalue weighted by atomic mass is 10.1. The lowest BCUT2D eigenvalue weighted by Gasteiger charge is -2.15. The van der Waals surface area contributed by atoms with E-state index in [0.717, 1.165) is 12.0 Å². The summed E-state index contributed by atoms with van der Waals surface area (Å²) in [5.41, 5.74) is 0.960. The number of benzene rings is 1. The van der Waals surface area contributed by atoms with E-state index >= 15 is 0 Å². The highest BCUT2D eigenvalue weighted by atomic mass is 19.1. The first-order valence-electron chi connectivity index (χ1n) is 5.81. The summed E-state index contributed by atoms with van der Waals surface area (Å²) in [7, 11) is 0. The normalized spacial score (nSPS) is 19.4. The molecule has 0 aromatic heterocycles. The van der Waals surface area contributed by atoms with E-state index < -0.39 is 0 Å². The maximum absolute atomic E-state index is 12.4. The van der Waals surface area contributed by atoms with Crippen molar-refractivity contribution in [3.63, 3.8) is 0 Å². The number of rotatable bonds is 3. The van der Waals surface area contributed by atoms with E-state index in [0.29, 0.717) is 13.1 Å². The van der Waals surface area contributed by atoms with Crippen molar-refractivity contribution >= 4 is 6.09 Å². The van der Waals surface area contributed by atoms with E-state index in [9.17, 15) is 9.18 Å². The van der Waals surface area contributed by atoms with Crippen molar-refractivity contribution in [3.05, 3.63) is 35.9 Å². The second-order valence-electron chi connectivity index (χ2n) is 4.30. The Labute approximate surface area is 100 Å². The molecule has 92 valence electrons. The number of nitrogens with zero attached hydrogens (tertiary/aromatic N) is 1. The summed E-state index contributed by atoms with van der Waals surface area (Å²) in [6.45, 7) is 0.991. The minimum atomic E-state index is -0.359. The van der Waals surface area contributed by atoms with Gasteiger partial charge in [-0.2, -0.15) is 0 Å². The van der Waals surface area contributed by atoms with Gasteiger partial charge in [0.15, 0.2) is 0 Å². The van der Waals surface area contributed by atoms with Crippen LogP contribution in [0.25, 0.3) is 0 Å². The molecule has 4 heteroatoms. The van der Waals surface area contributed by atoms with Crippen LogP contribution in [0.1, 0.15) is 12.0 Å². The molecular formula is C13H16FNO2. The van der Waals surface area contributed by atoms with Crippen molar-refractivity contribution in [2.45, 2.75) is 13.0 Å². The molecule has 0 bridgehead atoms. The first-order chi connectivity index (χ1) is 8.29. The molecule has 0 radical (unpaired) electrons. The van der Waals surface area contributed by atoms with Crippen LogP contribution in [-0.2, 0) is 11.3 Å². The molecule has 3 nitrogen and oxygen atoms in total. The SMILES string of the molecule is O=C(OCc1ccccc1)N1CC[C@H](CF)C1. The van der Waals surface area contributed by atoms with E-state index in [4.69, 9.17) is 4.74 Å². The fourth-order valence-corrected chi connectivity index (χ4v) is 1.94. The summed E-state index contributed by atoms with van der Waals surface area (Å²) in [6, 6.07) is 9.53. The fourth-order valence-electron chi connectivity index (χ4n) is 1.94. The van der Waals surface area contributed by atoms with Crippen LogP contribution < -0.4 is 0 Å². The third-order valence-corrected chi connectivity index (χ3v) is 2.97. The minimum Gasteiger partial charge on any atom is -0.445 e. The zero-order valence-corrected chi connectivity index (χ0v) is 9.64. The Morgan fingerprint density at radius 2 is 2.18 bits per heavy atom. The van der Waals surface area contributed by atoms with Gasteiger partial charge in [-0.3, -0.25) is 4.39 Å². The van der Waals surface area contributed by atoms with Crippen LogP contribution in [0.2, 0.25) is 0 Å². The monoisotopic (exact) mass is 237 g/mol. The van der Waals surface area contributed by atoms with Crippen LogP contribution in [0.3, 0.4) is 0 Å². The highest BCUT2D eigenvalue weighted by Gasteiger charge is 2.26. The van der Waals surface area contributed by atoms with Crippen LogP contribution >= 0.6 is 0 Å². The third kappa shape index (κ3) is 3.19. The van der Waals surface area contributed by atoms with Gasteiger partial charge in [-0.1, -0.05) is 30.3 Å². The van der Waals surface area contributed by atoms with Gasteiger partial charge in [-0.15, -0.1) is 0 Å². The number of amides is 1. The first kappa shape index (κ1) is 11.9. The van der Waals surface area contributed by atoms with Gasteiger partial charge in [0, 0.05) is 19.0 Å². The molecule has 0 spiro atoms. The summed E-state index contributed by atoms with van der Waals surface area (Å²) >= 11 is 0. The maximum atomic E-state index is 12.4. The molecule has 1 atom stereocenters. The lowest BCUT2D eigenvalue weighted by molar-refractivity contribution is 0.102. The summed E-state index contributed by atoms with van der Waals surface area (Å²) in [6.07, 6.45) is 0.390.